The molecule has 0 saturated heterocycles. The Hall–Kier alpha value is -2.21. The monoisotopic (exact) mass is 265 g/mol. The molecule has 1 amide bonds. The van der Waals surface area contributed by atoms with Crippen molar-refractivity contribution in [1.82, 2.24) is 4.90 Å². The Morgan fingerprint density at radius 1 is 1.47 bits per heavy atom. The summed E-state index contributed by atoms with van der Waals surface area (Å²) in [4.78, 5) is 24.2. The maximum atomic E-state index is 13.2. The first-order valence-electron chi connectivity index (χ1n) is 5.58. The molecular weight excluding hydrogens is 253 g/mol. The van der Waals surface area contributed by atoms with Crippen LogP contribution in [0.5, 0.6) is 0 Å². The first-order valence-corrected chi connectivity index (χ1v) is 5.58. The molecule has 6 heteroatoms. The molecule has 0 radical (unpaired) electrons. The second-order valence-electron chi connectivity index (χ2n) is 4.19. The largest absolute Gasteiger partial charge is 0.503 e. The highest BCUT2D eigenvalue weighted by Crippen LogP contribution is 2.37. The van der Waals surface area contributed by atoms with Crippen LogP contribution in [0.1, 0.15) is 18.5 Å². The number of carbonyl (C=O) groups excluding carboxylic acids is 2. The van der Waals surface area contributed by atoms with Gasteiger partial charge in [-0.2, -0.15) is 0 Å². The second kappa shape index (κ2) is 4.81. The fraction of sp³-hybridized carbons (Fsp3) is 0.231. The smallest absolute Gasteiger partial charge is 0.291 e. The third-order valence-corrected chi connectivity index (χ3v) is 3.00. The van der Waals surface area contributed by atoms with Crippen LogP contribution in [0.2, 0.25) is 0 Å². The van der Waals surface area contributed by atoms with Gasteiger partial charge in [-0.3, -0.25) is 9.59 Å². The van der Waals surface area contributed by atoms with Crippen LogP contribution >= 0.6 is 0 Å². The Morgan fingerprint density at radius 3 is 2.68 bits per heavy atom. The molecular formula is C13H12FNO4. The first-order chi connectivity index (χ1) is 8.97. The highest BCUT2D eigenvalue weighted by atomic mass is 19.1. The van der Waals surface area contributed by atoms with Crippen molar-refractivity contribution in [2.75, 3.05) is 6.73 Å². The summed E-state index contributed by atoms with van der Waals surface area (Å²) in [6.45, 7) is 0.521. The Morgan fingerprint density at radius 2 is 2.16 bits per heavy atom. The number of nitrogens with zero attached hydrogens (tertiary/aromatic N) is 1. The molecule has 5 nitrogen and oxygen atoms in total. The van der Waals surface area contributed by atoms with Crippen LogP contribution in [-0.2, 0) is 9.59 Å². The van der Waals surface area contributed by atoms with Crippen molar-refractivity contribution in [3.63, 3.8) is 0 Å². The Balaban J connectivity index is 2.57. The van der Waals surface area contributed by atoms with Gasteiger partial charge in [0.2, 0.25) is 0 Å². The normalized spacial score (nSPS) is 19.2. The van der Waals surface area contributed by atoms with Gasteiger partial charge in [-0.25, -0.2) is 4.39 Å². The lowest BCUT2D eigenvalue weighted by Crippen LogP contribution is -2.31. The van der Waals surface area contributed by atoms with E-state index in [1.165, 1.54) is 25.1 Å². The van der Waals surface area contributed by atoms with E-state index in [0.29, 0.717) is 5.56 Å². The summed E-state index contributed by atoms with van der Waals surface area (Å²) >= 11 is 0. The Labute approximate surface area is 108 Å². The zero-order valence-corrected chi connectivity index (χ0v) is 10.1. The SMILES string of the molecule is CC(=O)C1=C(O)C(=O)N(CO)C1c1cccc(F)c1. The number of hydrogen-bond acceptors (Lipinski definition) is 4. The molecule has 1 aliphatic rings. The summed E-state index contributed by atoms with van der Waals surface area (Å²) in [7, 11) is 0. The van der Waals surface area contributed by atoms with Gasteiger partial charge in [-0.05, 0) is 24.6 Å². The van der Waals surface area contributed by atoms with Gasteiger partial charge in [0.25, 0.3) is 5.91 Å². The summed E-state index contributed by atoms with van der Waals surface area (Å²) in [5.74, 6) is -2.58. The predicted octanol–water partition coefficient (Wildman–Crippen LogP) is 1.06. The van der Waals surface area contributed by atoms with E-state index in [-0.39, 0.29) is 5.57 Å². The topological polar surface area (TPSA) is 77.8 Å². The molecule has 0 aromatic heterocycles. The van der Waals surface area contributed by atoms with Gasteiger partial charge in [-0.15, -0.1) is 0 Å². The van der Waals surface area contributed by atoms with Crippen molar-refractivity contribution < 1.29 is 24.2 Å². The fourth-order valence-corrected chi connectivity index (χ4v) is 2.18. The number of rotatable bonds is 3. The van der Waals surface area contributed by atoms with Gasteiger partial charge < -0.3 is 15.1 Å². The minimum absolute atomic E-state index is 0.135. The van der Waals surface area contributed by atoms with E-state index in [0.717, 1.165) is 11.0 Å². The summed E-state index contributed by atoms with van der Waals surface area (Å²) in [5.41, 5.74) is 0.182. The molecule has 0 fully saturated rings. The highest BCUT2D eigenvalue weighted by Gasteiger charge is 2.42. The molecule has 1 aromatic rings. The summed E-state index contributed by atoms with van der Waals surface area (Å²) < 4.78 is 13.2. The number of benzene rings is 1. The molecule has 1 atom stereocenters. The predicted molar refractivity (Wildman–Crippen MR) is 63.4 cm³/mol. The number of amides is 1. The maximum Gasteiger partial charge on any atom is 0.291 e. The number of Topliss-reactive ketones (excluding diaryl/α,β-unsaturated/α-hetero) is 1. The summed E-state index contributed by atoms with van der Waals surface area (Å²) in [5, 5.41) is 18.9. The average molecular weight is 265 g/mol. The summed E-state index contributed by atoms with van der Waals surface area (Å²) in [6, 6.07) is 4.36. The van der Waals surface area contributed by atoms with Crippen molar-refractivity contribution in [3.8, 4) is 0 Å². The van der Waals surface area contributed by atoms with E-state index in [2.05, 4.69) is 0 Å². The highest BCUT2D eigenvalue weighted by molar-refractivity contribution is 6.08. The number of aliphatic hydroxyl groups excluding tert-OH is 2. The van der Waals surface area contributed by atoms with Crippen molar-refractivity contribution in [2.24, 2.45) is 0 Å². The van der Waals surface area contributed by atoms with Crippen molar-refractivity contribution in [2.45, 2.75) is 13.0 Å². The summed E-state index contributed by atoms with van der Waals surface area (Å²) in [6.07, 6.45) is 0. The average Bonchev–Trinajstić information content (AvgIpc) is 2.62. The minimum atomic E-state index is -0.967. The molecule has 0 saturated carbocycles. The lowest BCUT2D eigenvalue weighted by molar-refractivity contribution is -0.133. The van der Waals surface area contributed by atoms with Crippen LogP contribution in [0.3, 0.4) is 0 Å². The molecule has 19 heavy (non-hydrogen) atoms. The number of ketones is 1. The van der Waals surface area contributed by atoms with Gasteiger partial charge in [-0.1, -0.05) is 12.1 Å². The second-order valence-corrected chi connectivity index (χ2v) is 4.19. The van der Waals surface area contributed by atoms with E-state index < -0.39 is 36.0 Å². The van der Waals surface area contributed by atoms with Gasteiger partial charge in [0.15, 0.2) is 11.5 Å². The molecule has 2 rings (SSSR count). The van der Waals surface area contributed by atoms with E-state index in [1.807, 2.05) is 0 Å². The fourth-order valence-electron chi connectivity index (χ4n) is 2.18. The number of carbonyl (C=O) groups is 2. The molecule has 100 valence electrons. The number of hydrogen-bond donors (Lipinski definition) is 2. The van der Waals surface area contributed by atoms with E-state index >= 15 is 0 Å². The quantitative estimate of drug-likeness (QED) is 0.856. The first kappa shape index (κ1) is 13.2. The Bertz CT molecular complexity index is 582. The third-order valence-electron chi connectivity index (χ3n) is 3.00. The molecule has 2 N–H and O–H groups in total. The third kappa shape index (κ3) is 2.10. The van der Waals surface area contributed by atoms with Crippen LogP contribution in [0, 0.1) is 5.82 Å². The molecule has 0 spiro atoms. The van der Waals surface area contributed by atoms with E-state index in [9.17, 15) is 24.2 Å². The van der Waals surface area contributed by atoms with Crippen LogP contribution in [0.25, 0.3) is 0 Å². The lowest BCUT2D eigenvalue weighted by Gasteiger charge is -2.24. The van der Waals surface area contributed by atoms with Crippen molar-refractivity contribution in [1.29, 1.82) is 0 Å². The van der Waals surface area contributed by atoms with Crippen molar-refractivity contribution in [3.05, 3.63) is 47.0 Å². The lowest BCUT2D eigenvalue weighted by atomic mass is 9.97. The zero-order valence-electron chi connectivity index (χ0n) is 10.1. The van der Waals surface area contributed by atoms with Gasteiger partial charge >= 0.3 is 0 Å². The molecule has 0 aliphatic carbocycles. The van der Waals surface area contributed by atoms with Crippen LogP contribution < -0.4 is 0 Å². The van der Waals surface area contributed by atoms with Crippen molar-refractivity contribution >= 4 is 11.7 Å². The van der Waals surface area contributed by atoms with E-state index in [4.69, 9.17) is 0 Å². The standard InChI is InChI=1S/C13H12FNO4/c1-7(17)10-11(8-3-2-4-9(14)5-8)15(6-16)13(19)12(10)18/h2-5,11,16,18H,6H2,1H3. The molecule has 0 bridgehead atoms. The zero-order chi connectivity index (χ0) is 14.2. The van der Waals surface area contributed by atoms with Crippen LogP contribution in [0.15, 0.2) is 35.6 Å². The molecule has 1 aliphatic heterocycles. The van der Waals surface area contributed by atoms with Gasteiger partial charge in [0.1, 0.15) is 12.5 Å². The molecule has 1 unspecified atom stereocenters. The number of aliphatic hydroxyl groups is 2. The van der Waals surface area contributed by atoms with Crippen LogP contribution in [0.4, 0.5) is 4.39 Å². The number of halogens is 1. The minimum Gasteiger partial charge on any atom is -0.503 e. The van der Waals surface area contributed by atoms with Crippen LogP contribution in [-0.4, -0.2) is 33.5 Å². The molecule has 1 heterocycles. The Kier molecular flexibility index (Phi) is 3.35. The van der Waals surface area contributed by atoms with Gasteiger partial charge in [0.05, 0.1) is 11.6 Å². The van der Waals surface area contributed by atoms with Gasteiger partial charge in [0, 0.05) is 0 Å². The van der Waals surface area contributed by atoms with E-state index in [1.54, 1.807) is 0 Å². The molecule has 1 aromatic carbocycles. The maximum absolute atomic E-state index is 13.2.